The van der Waals surface area contributed by atoms with E-state index >= 15 is 0 Å². The smallest absolute Gasteiger partial charge is 0.162 e. The molecule has 4 aromatic heterocycles. The predicted molar refractivity (Wildman–Crippen MR) is 242 cm³/mol. The Morgan fingerprint density at radius 2 is 1.37 bits per heavy atom. The van der Waals surface area contributed by atoms with Crippen LogP contribution in [0.5, 0.6) is 0 Å². The van der Waals surface area contributed by atoms with Gasteiger partial charge in [0, 0.05) is 44.8 Å². The molecule has 59 heavy (non-hydrogen) atoms. The summed E-state index contributed by atoms with van der Waals surface area (Å²) in [7, 11) is 0. The minimum Gasteiger partial charge on any atom is -0.277 e. The summed E-state index contributed by atoms with van der Waals surface area (Å²) in [5.41, 5.74) is 13.2. The van der Waals surface area contributed by atoms with Crippen molar-refractivity contribution >= 4 is 82.1 Å². The second kappa shape index (κ2) is 11.4. The summed E-state index contributed by atoms with van der Waals surface area (Å²) >= 11 is 0. The molecule has 3 aliphatic carbocycles. The molecule has 272 valence electrons. The van der Waals surface area contributed by atoms with Gasteiger partial charge in [0.25, 0.3) is 0 Å². The molecule has 0 amide bonds. The zero-order valence-corrected chi connectivity index (χ0v) is 31.7. The normalized spacial score (nSPS) is 15.6. The molecule has 0 radical (unpaired) electrons. The van der Waals surface area contributed by atoms with Gasteiger partial charge in [0.05, 0.1) is 16.7 Å². The number of nitrogens with zero attached hydrogens (tertiary/aromatic N) is 5. The van der Waals surface area contributed by atoms with Gasteiger partial charge in [0.1, 0.15) is 11.2 Å². The minimum absolute atomic E-state index is 0.224. The van der Waals surface area contributed by atoms with Crippen LogP contribution in [0.2, 0.25) is 0 Å². The van der Waals surface area contributed by atoms with E-state index in [0.29, 0.717) is 5.82 Å². The summed E-state index contributed by atoms with van der Waals surface area (Å²) in [5, 5.41) is 11.7. The highest BCUT2D eigenvalue weighted by Crippen LogP contribution is 2.48. The highest BCUT2D eigenvalue weighted by atomic mass is 15.1. The molecule has 5 heteroatoms. The molecule has 0 N–H and O–H groups in total. The lowest BCUT2D eigenvalue weighted by atomic mass is 9.70. The Kier molecular flexibility index (Phi) is 6.07. The molecule has 0 aliphatic heterocycles. The summed E-state index contributed by atoms with van der Waals surface area (Å²) < 4.78 is 2.22. The molecule has 11 aromatic rings. The van der Waals surface area contributed by atoms with Crippen molar-refractivity contribution < 1.29 is 0 Å². The number of rotatable bonds is 3. The Morgan fingerprint density at radius 1 is 0.576 bits per heavy atom. The van der Waals surface area contributed by atoms with Crippen LogP contribution in [0.15, 0.2) is 175 Å². The predicted octanol–water partition coefficient (Wildman–Crippen LogP) is 13.0. The Morgan fingerprint density at radius 3 is 2.27 bits per heavy atom. The first kappa shape index (κ1) is 31.3. The summed E-state index contributed by atoms with van der Waals surface area (Å²) in [4.78, 5) is 21.6. The number of allylic oxidation sites excluding steroid dienone is 7. The van der Waals surface area contributed by atoms with Gasteiger partial charge in [-0.2, -0.15) is 0 Å². The monoisotopic (exact) mass is 749 g/mol. The van der Waals surface area contributed by atoms with Crippen LogP contribution in [0.1, 0.15) is 22.6 Å². The third-order valence-corrected chi connectivity index (χ3v) is 13.1. The molecule has 1 atom stereocenters. The van der Waals surface area contributed by atoms with Gasteiger partial charge in [0.15, 0.2) is 11.6 Å². The fourth-order valence-electron chi connectivity index (χ4n) is 10.4. The van der Waals surface area contributed by atoms with Crippen molar-refractivity contribution in [3.63, 3.8) is 0 Å². The minimum atomic E-state index is 0.224. The molecular weight excluding hydrogens is 719 g/mol. The lowest BCUT2D eigenvalue weighted by Gasteiger charge is -2.33. The van der Waals surface area contributed by atoms with Gasteiger partial charge in [-0.1, -0.05) is 121 Å². The van der Waals surface area contributed by atoms with Gasteiger partial charge < -0.3 is 0 Å². The van der Waals surface area contributed by atoms with E-state index in [1.807, 2.05) is 12.3 Å². The number of hydrogen-bond donors (Lipinski definition) is 0. The first-order chi connectivity index (χ1) is 29.2. The molecule has 7 aromatic carbocycles. The van der Waals surface area contributed by atoms with Crippen LogP contribution in [0.4, 0.5) is 0 Å². The third-order valence-electron chi connectivity index (χ3n) is 13.1. The zero-order valence-electron chi connectivity index (χ0n) is 31.7. The maximum atomic E-state index is 5.57. The molecule has 0 saturated carbocycles. The van der Waals surface area contributed by atoms with Gasteiger partial charge in [-0.25, -0.2) is 19.9 Å². The van der Waals surface area contributed by atoms with Crippen molar-refractivity contribution in [1.29, 1.82) is 0 Å². The van der Waals surface area contributed by atoms with Crippen LogP contribution >= 0.6 is 0 Å². The Labute approximate surface area is 338 Å². The zero-order chi connectivity index (χ0) is 38.3. The molecule has 1 unspecified atom stereocenters. The molecule has 5 nitrogen and oxygen atoms in total. The molecule has 14 rings (SSSR count). The maximum absolute atomic E-state index is 5.57. The van der Waals surface area contributed by atoms with E-state index in [1.165, 1.54) is 60.2 Å². The van der Waals surface area contributed by atoms with Crippen molar-refractivity contribution in [3.8, 4) is 28.5 Å². The third kappa shape index (κ3) is 4.28. The number of aromatic nitrogens is 5. The molecule has 0 spiro atoms. The number of benzene rings is 7. The number of hydrogen-bond acceptors (Lipinski definition) is 4. The largest absolute Gasteiger partial charge is 0.277 e. The van der Waals surface area contributed by atoms with Gasteiger partial charge in [-0.3, -0.25) is 4.57 Å². The fourth-order valence-corrected chi connectivity index (χ4v) is 10.4. The van der Waals surface area contributed by atoms with Gasteiger partial charge in [-0.15, -0.1) is 0 Å². The topological polar surface area (TPSA) is 56.5 Å². The van der Waals surface area contributed by atoms with Gasteiger partial charge in [-0.05, 0) is 109 Å². The lowest BCUT2D eigenvalue weighted by Crippen LogP contribution is -2.18. The van der Waals surface area contributed by atoms with Crippen LogP contribution in [0, 0.1) is 0 Å². The van der Waals surface area contributed by atoms with E-state index in [-0.39, 0.29) is 5.92 Å². The Bertz CT molecular complexity index is 3710. The molecule has 3 aliphatic rings. The van der Waals surface area contributed by atoms with Crippen molar-refractivity contribution in [2.45, 2.75) is 12.3 Å². The van der Waals surface area contributed by atoms with E-state index in [4.69, 9.17) is 19.9 Å². The van der Waals surface area contributed by atoms with E-state index in [2.05, 4.69) is 162 Å². The quantitative estimate of drug-likeness (QED) is 0.169. The van der Waals surface area contributed by atoms with E-state index in [9.17, 15) is 0 Å². The number of fused-ring (bicyclic) bond motifs is 6. The average molecular weight is 750 g/mol. The summed E-state index contributed by atoms with van der Waals surface area (Å²) in [5.74, 6) is 1.69. The summed E-state index contributed by atoms with van der Waals surface area (Å²) in [6.07, 6.45) is 16.4. The van der Waals surface area contributed by atoms with Gasteiger partial charge in [0.2, 0.25) is 0 Å². The van der Waals surface area contributed by atoms with Crippen molar-refractivity contribution in [2.75, 3.05) is 0 Å². The summed E-state index contributed by atoms with van der Waals surface area (Å²) in [6.45, 7) is 0. The van der Waals surface area contributed by atoms with Crippen LogP contribution in [0.3, 0.4) is 0 Å². The highest BCUT2D eigenvalue weighted by molar-refractivity contribution is 6.24. The van der Waals surface area contributed by atoms with Crippen molar-refractivity contribution in [2.24, 2.45) is 0 Å². The van der Waals surface area contributed by atoms with Crippen LogP contribution in [-0.2, 0) is 6.42 Å². The molecule has 4 heterocycles. The van der Waals surface area contributed by atoms with E-state index in [0.717, 1.165) is 72.8 Å². The van der Waals surface area contributed by atoms with E-state index < -0.39 is 0 Å². The molecule has 0 bridgehead atoms. The Hall–Kier alpha value is -7.76. The van der Waals surface area contributed by atoms with Gasteiger partial charge >= 0.3 is 0 Å². The SMILES string of the molecule is C1=CC2=CCc3ccc(-c4nc(-n5c6ccccc6c6cccnc65)c5ccc6ccc(-c7cc8ccc9cccc%10ccc(c7)c8c9%10)nc6c5n4)c4c3C2C(=C1)C=C4. The van der Waals surface area contributed by atoms with Crippen LogP contribution < -0.4 is 0 Å². The average Bonchev–Trinajstić information content (AvgIpc) is 3.63. The Balaban J connectivity index is 1.06. The maximum Gasteiger partial charge on any atom is 0.162 e. The lowest BCUT2D eigenvalue weighted by molar-refractivity contribution is 0.892. The molecular formula is C54H31N5. The highest BCUT2D eigenvalue weighted by Gasteiger charge is 2.32. The van der Waals surface area contributed by atoms with Crippen LogP contribution in [-0.4, -0.2) is 24.5 Å². The second-order valence-corrected chi connectivity index (χ2v) is 16.1. The van der Waals surface area contributed by atoms with Crippen molar-refractivity contribution in [1.82, 2.24) is 24.5 Å². The fraction of sp³-hybridized carbons (Fsp3) is 0.0370. The van der Waals surface area contributed by atoms with Crippen LogP contribution in [0.25, 0.3) is 111 Å². The number of para-hydroxylation sites is 1. The first-order valence-corrected chi connectivity index (χ1v) is 20.3. The standard InChI is InChI=1S/C54H31N5/c1-2-12-45-39(10-1)42-11-5-27-55-53(42)59(45)54-43-25-21-35-22-26-44(38-28-36-17-15-30-6-3-7-31-16-18-37(29-38)48(36)46(30)31)56-50(35)51(43)57-52(58-54)41-24-20-34-14-13-32-8-4-9-33-19-23-40(41)49(34)47(32)33/h1-13,15-29,47H,14H2. The van der Waals surface area contributed by atoms with E-state index in [1.54, 1.807) is 0 Å². The second-order valence-electron chi connectivity index (χ2n) is 16.1. The van der Waals surface area contributed by atoms with Crippen molar-refractivity contribution in [3.05, 3.63) is 192 Å². The first-order valence-electron chi connectivity index (χ1n) is 20.3. The summed E-state index contributed by atoms with van der Waals surface area (Å²) in [6, 6.07) is 46.0. The molecule has 0 fully saturated rings. The molecule has 0 saturated heterocycles. The number of pyridine rings is 2.